The van der Waals surface area contributed by atoms with Gasteiger partial charge in [0, 0.05) is 18.6 Å². The zero-order valence-electron chi connectivity index (χ0n) is 39.9. The van der Waals surface area contributed by atoms with E-state index >= 15 is 0 Å². The topological polar surface area (TPSA) is 291 Å². The van der Waals surface area contributed by atoms with Crippen LogP contribution >= 0.6 is 12.4 Å². The summed E-state index contributed by atoms with van der Waals surface area (Å²) in [5.41, 5.74) is 11.4. The zero-order chi connectivity index (χ0) is 49.2. The van der Waals surface area contributed by atoms with E-state index in [1.165, 1.54) is 14.2 Å². The summed E-state index contributed by atoms with van der Waals surface area (Å²) in [6.07, 6.45) is 4.00. The summed E-state index contributed by atoms with van der Waals surface area (Å²) in [6.45, 7) is 11.6. The number of amides is 3. The third-order valence-electron chi connectivity index (χ3n) is 11.3. The monoisotopic (exact) mass is 962 g/mol. The van der Waals surface area contributed by atoms with Crippen LogP contribution in [0.4, 0.5) is 16.7 Å². The number of fused-ring (bicyclic) bond motifs is 2. The minimum atomic E-state index is -1.14. The Kier molecular flexibility index (Phi) is 18.8. The van der Waals surface area contributed by atoms with E-state index in [2.05, 4.69) is 51.3 Å². The second-order valence-electron chi connectivity index (χ2n) is 17.4. The average molecular weight is 964 g/mol. The van der Waals surface area contributed by atoms with Gasteiger partial charge in [-0.3, -0.25) is 9.59 Å². The van der Waals surface area contributed by atoms with Gasteiger partial charge in [0.25, 0.3) is 11.8 Å². The number of phenolic OH excluding ortho intramolecular Hbond substituents is 2. The number of benzene rings is 2. The summed E-state index contributed by atoms with van der Waals surface area (Å²) in [4.78, 5) is 79.4. The quantitative estimate of drug-likeness (QED) is 0.0694. The number of nitrogens with two attached hydrogens (primary N) is 1. The first-order valence-electron chi connectivity index (χ1n) is 22.0. The van der Waals surface area contributed by atoms with Crippen molar-refractivity contribution in [3.05, 3.63) is 92.6 Å². The molecule has 4 atom stereocenters. The average Bonchev–Trinajstić information content (AvgIpc) is 3.26. The van der Waals surface area contributed by atoms with Crippen LogP contribution in [-0.2, 0) is 49.5 Å². The predicted molar refractivity (Wildman–Crippen MR) is 255 cm³/mol. The van der Waals surface area contributed by atoms with Crippen molar-refractivity contribution in [3.8, 4) is 11.5 Å². The van der Waals surface area contributed by atoms with E-state index in [4.69, 9.17) is 15.2 Å². The molecule has 368 valence electrons. The molecular weight excluding hydrogens is 900 g/mol. The highest BCUT2D eigenvalue weighted by molar-refractivity contribution is 5.99. The maximum Gasteiger partial charge on any atom is 0.407 e. The van der Waals surface area contributed by atoms with Gasteiger partial charge >= 0.3 is 18.0 Å². The van der Waals surface area contributed by atoms with Crippen molar-refractivity contribution in [3.63, 3.8) is 0 Å². The first kappa shape index (κ1) is 53.8. The van der Waals surface area contributed by atoms with Gasteiger partial charge in [0.05, 0.1) is 54.7 Å². The highest BCUT2D eigenvalue weighted by Gasteiger charge is 2.29. The van der Waals surface area contributed by atoms with E-state index in [9.17, 15) is 34.2 Å². The molecule has 9 N–H and O–H groups in total. The van der Waals surface area contributed by atoms with Gasteiger partial charge in [-0.25, -0.2) is 34.3 Å². The molecule has 0 saturated carbocycles. The molecule has 0 radical (unpaired) electrons. The maximum absolute atomic E-state index is 13.1. The molecule has 0 bridgehead atoms. The lowest BCUT2D eigenvalue weighted by molar-refractivity contribution is -0.143. The first-order valence-corrected chi connectivity index (χ1v) is 22.0. The molecule has 21 heteroatoms. The Hall–Kier alpha value is -6.80. The van der Waals surface area contributed by atoms with Gasteiger partial charge in [-0.2, -0.15) is 0 Å². The zero-order valence-corrected chi connectivity index (χ0v) is 40.7. The molecule has 2 aromatic carbocycles. The number of alkyl carbamates (subject to hydrolysis) is 1. The van der Waals surface area contributed by atoms with Crippen LogP contribution in [0.3, 0.4) is 0 Å². The molecule has 2 heterocycles. The summed E-state index contributed by atoms with van der Waals surface area (Å²) < 4.78 is 14.6. The Morgan fingerprint density at radius 3 is 1.47 bits per heavy atom. The number of rotatable bonds is 13. The minimum Gasteiger partial charge on any atom is -0.508 e. The summed E-state index contributed by atoms with van der Waals surface area (Å²) in [7, 11) is 2.43. The molecule has 2 unspecified atom stereocenters. The van der Waals surface area contributed by atoms with Crippen molar-refractivity contribution in [2.45, 2.75) is 117 Å². The number of ether oxygens (including phenoxy) is 3. The number of anilines is 2. The molecular formula is C47H63ClN10O10. The van der Waals surface area contributed by atoms with Crippen molar-refractivity contribution >= 4 is 54.1 Å². The molecule has 2 aliphatic carbocycles. The fourth-order valence-corrected chi connectivity index (χ4v) is 8.02. The number of carbonyl (C=O) groups is 5. The summed E-state index contributed by atoms with van der Waals surface area (Å²) >= 11 is 0. The van der Waals surface area contributed by atoms with Gasteiger partial charge in [0.1, 0.15) is 29.2 Å². The highest BCUT2D eigenvalue weighted by Crippen LogP contribution is 2.31. The van der Waals surface area contributed by atoms with Crippen LogP contribution in [0.1, 0.15) is 99.4 Å². The number of esters is 2. The number of phenols is 2. The number of aromatic nitrogens is 4. The van der Waals surface area contributed by atoms with Gasteiger partial charge in [-0.1, -0.05) is 24.3 Å². The lowest BCUT2D eigenvalue weighted by Crippen LogP contribution is -2.50. The van der Waals surface area contributed by atoms with Crippen LogP contribution in [0.5, 0.6) is 11.5 Å². The predicted octanol–water partition coefficient (Wildman–Crippen LogP) is 3.98. The molecule has 2 aromatic heterocycles. The van der Waals surface area contributed by atoms with Crippen LogP contribution in [0.25, 0.3) is 0 Å². The highest BCUT2D eigenvalue weighted by atomic mass is 35.5. The molecule has 2 aliphatic rings. The number of hydrogen-bond donors (Lipinski definition) is 8. The largest absolute Gasteiger partial charge is 0.508 e. The SMILES string of the molecule is COC(=O)[C@H](CN)NC(=O)c1c(C)nc(NC2CCc3cccc(O)c3C2)nc1C.COC(=O)[C@H](CNC(=O)OC(C)(C)C)NC(=O)c1c(C)nc(NC2CCc3cccc(O)c3C2)nc1C.Cl. The van der Waals surface area contributed by atoms with Crippen molar-refractivity contribution in [2.75, 3.05) is 37.9 Å². The number of aromatic hydroxyl groups is 2. The van der Waals surface area contributed by atoms with Gasteiger partial charge in [-0.05, 0) is 121 Å². The van der Waals surface area contributed by atoms with Crippen molar-refractivity contribution in [1.29, 1.82) is 0 Å². The van der Waals surface area contributed by atoms with Crippen molar-refractivity contribution in [1.82, 2.24) is 35.9 Å². The number of aryl methyl sites for hydroxylation is 6. The van der Waals surface area contributed by atoms with Gasteiger partial charge in [0.2, 0.25) is 11.9 Å². The number of hydrogen-bond acceptors (Lipinski definition) is 17. The number of nitrogens with one attached hydrogen (secondary N) is 5. The van der Waals surface area contributed by atoms with Crippen LogP contribution < -0.4 is 32.3 Å². The van der Waals surface area contributed by atoms with Gasteiger partial charge < -0.3 is 56.7 Å². The number of halogens is 1. The van der Waals surface area contributed by atoms with Crippen LogP contribution in [0.2, 0.25) is 0 Å². The van der Waals surface area contributed by atoms with E-state index in [0.717, 1.165) is 47.9 Å². The van der Waals surface area contributed by atoms with E-state index in [0.29, 0.717) is 58.8 Å². The molecule has 68 heavy (non-hydrogen) atoms. The summed E-state index contributed by atoms with van der Waals surface area (Å²) in [5, 5.41) is 34.6. The number of methoxy groups -OCH3 is 2. The molecule has 0 fully saturated rings. The van der Waals surface area contributed by atoms with Crippen LogP contribution in [0.15, 0.2) is 36.4 Å². The number of carbonyl (C=O) groups excluding carboxylic acids is 5. The molecule has 0 aliphatic heterocycles. The van der Waals surface area contributed by atoms with Gasteiger partial charge in [-0.15, -0.1) is 12.4 Å². The van der Waals surface area contributed by atoms with Crippen molar-refractivity contribution < 1.29 is 48.4 Å². The Morgan fingerprint density at radius 2 is 1.09 bits per heavy atom. The third kappa shape index (κ3) is 14.1. The molecule has 0 saturated heterocycles. The van der Waals surface area contributed by atoms with Crippen LogP contribution in [0, 0.1) is 27.7 Å². The molecule has 20 nitrogen and oxygen atoms in total. The normalized spacial score (nSPS) is 15.7. The second kappa shape index (κ2) is 23.8. The number of nitrogens with zero attached hydrogens (tertiary/aromatic N) is 4. The standard InChI is InChI=1S/C26H35N5O6.C21H27N5O4.ClH/c1-14-21(22(33)31-19(23(34)36-6)13-27-25(35)37-26(3,4)5)15(2)29-24(28-14)30-17-11-10-16-8-7-9-20(32)18(16)12-17;1-11-18(19(28)26-16(10-22)20(29)30-3)12(2)24-21(23-11)25-14-8-7-13-5-4-6-17(27)15(13)9-14;/h7-9,17,19,32H,10-13H2,1-6H3,(H,27,35)(H,31,33)(H,28,29,30);4-6,14,16,27H,7-10,22H2,1-3H3,(H,26,28)(H,23,24,25);1H/t17?,19-;14?,16-;/m00./s1. The molecule has 6 rings (SSSR count). The van der Waals surface area contributed by atoms with E-state index in [1.807, 2.05) is 24.3 Å². The van der Waals surface area contributed by atoms with Crippen molar-refractivity contribution in [2.24, 2.45) is 5.73 Å². The van der Waals surface area contributed by atoms with E-state index in [1.54, 1.807) is 60.6 Å². The lowest BCUT2D eigenvalue weighted by atomic mass is 9.88. The maximum atomic E-state index is 13.1. The Morgan fingerprint density at radius 1 is 0.691 bits per heavy atom. The Labute approximate surface area is 401 Å². The van der Waals surface area contributed by atoms with Crippen LogP contribution in [-0.4, -0.2) is 117 Å². The molecule has 4 aromatic rings. The minimum absolute atomic E-state index is 0. The lowest BCUT2D eigenvalue weighted by Gasteiger charge is -2.26. The Balaban J connectivity index is 0.000000298. The fourth-order valence-electron chi connectivity index (χ4n) is 8.02. The van der Waals surface area contributed by atoms with E-state index in [-0.39, 0.29) is 48.9 Å². The smallest absolute Gasteiger partial charge is 0.407 e. The second-order valence-corrected chi connectivity index (χ2v) is 17.4. The summed E-state index contributed by atoms with van der Waals surface area (Å²) in [5.74, 6) is -0.986. The fraction of sp³-hybridized carbons (Fsp3) is 0.468. The summed E-state index contributed by atoms with van der Waals surface area (Å²) in [6, 6.07) is 9.17. The first-order chi connectivity index (χ1) is 31.7. The third-order valence-corrected chi connectivity index (χ3v) is 11.3. The molecule has 0 spiro atoms. The molecule has 3 amide bonds. The van der Waals surface area contributed by atoms with Gasteiger partial charge in [0.15, 0.2) is 0 Å². The van der Waals surface area contributed by atoms with E-state index < -0.39 is 47.5 Å². The Bertz CT molecular complexity index is 2440.